The molecule has 3 atom stereocenters. The molecule has 4 nitrogen and oxygen atoms in total. The van der Waals surface area contributed by atoms with Crippen molar-refractivity contribution in [3.05, 3.63) is 23.7 Å². The smallest absolute Gasteiger partial charge is 0.307 e. The Kier molecular flexibility index (Phi) is 4.23. The molecule has 0 spiro atoms. The summed E-state index contributed by atoms with van der Waals surface area (Å²) in [5.74, 6) is 0.367. The molecule has 1 saturated carbocycles. The van der Waals surface area contributed by atoms with Crippen LogP contribution in [-0.2, 0) is 11.3 Å². The van der Waals surface area contributed by atoms with Crippen LogP contribution in [0.3, 0.4) is 0 Å². The Morgan fingerprint density at radius 1 is 1.50 bits per heavy atom. The molecule has 0 saturated heterocycles. The zero-order chi connectivity index (χ0) is 14.9. The number of furan rings is 1. The molecular formula is C16H25NO3. The molecule has 3 unspecified atom stereocenters. The molecule has 0 bridgehead atoms. The van der Waals surface area contributed by atoms with Crippen LogP contribution in [0.4, 0.5) is 0 Å². The van der Waals surface area contributed by atoms with E-state index in [0.29, 0.717) is 18.5 Å². The van der Waals surface area contributed by atoms with Crippen molar-refractivity contribution >= 4 is 5.97 Å². The average Bonchev–Trinajstić information content (AvgIpc) is 2.76. The van der Waals surface area contributed by atoms with E-state index in [0.717, 1.165) is 24.2 Å². The van der Waals surface area contributed by atoms with Gasteiger partial charge in [-0.15, -0.1) is 0 Å². The molecule has 20 heavy (non-hydrogen) atoms. The second-order valence-electron chi connectivity index (χ2n) is 6.59. The number of aryl methyl sites for hydroxylation is 1. The fraction of sp³-hybridized carbons (Fsp3) is 0.688. The summed E-state index contributed by atoms with van der Waals surface area (Å²) in [4.78, 5) is 11.4. The average molecular weight is 279 g/mol. The van der Waals surface area contributed by atoms with Gasteiger partial charge in [0.25, 0.3) is 0 Å². The third kappa shape index (κ3) is 2.75. The van der Waals surface area contributed by atoms with E-state index < -0.39 is 5.97 Å². The highest BCUT2D eigenvalue weighted by Crippen LogP contribution is 2.45. The highest BCUT2D eigenvalue weighted by atomic mass is 16.4. The van der Waals surface area contributed by atoms with Crippen molar-refractivity contribution < 1.29 is 14.3 Å². The Balaban J connectivity index is 2.01. The number of aliphatic carboxylic acids is 1. The van der Waals surface area contributed by atoms with E-state index in [4.69, 9.17) is 4.42 Å². The normalized spacial score (nSPS) is 29.3. The van der Waals surface area contributed by atoms with Gasteiger partial charge in [0.1, 0.15) is 5.76 Å². The number of rotatable bonds is 4. The Labute approximate surface area is 120 Å². The fourth-order valence-electron chi connectivity index (χ4n) is 3.33. The minimum Gasteiger partial charge on any atom is -0.481 e. The number of carboxylic acids is 1. The predicted octanol–water partition coefficient (Wildman–Crippen LogP) is 3.20. The van der Waals surface area contributed by atoms with Crippen molar-refractivity contribution in [3.63, 3.8) is 0 Å². The Morgan fingerprint density at radius 3 is 2.75 bits per heavy atom. The minimum atomic E-state index is -0.665. The van der Waals surface area contributed by atoms with Crippen molar-refractivity contribution in [2.75, 3.05) is 0 Å². The summed E-state index contributed by atoms with van der Waals surface area (Å²) in [7, 11) is 0. The molecule has 1 fully saturated rings. The van der Waals surface area contributed by atoms with Crippen LogP contribution < -0.4 is 5.32 Å². The molecule has 4 heteroatoms. The van der Waals surface area contributed by atoms with Gasteiger partial charge in [-0.05, 0) is 42.7 Å². The van der Waals surface area contributed by atoms with Gasteiger partial charge >= 0.3 is 5.97 Å². The monoisotopic (exact) mass is 279 g/mol. The van der Waals surface area contributed by atoms with Crippen LogP contribution in [0.15, 0.2) is 16.7 Å². The van der Waals surface area contributed by atoms with Gasteiger partial charge in [0.05, 0.1) is 18.7 Å². The van der Waals surface area contributed by atoms with Gasteiger partial charge in [0, 0.05) is 6.04 Å². The van der Waals surface area contributed by atoms with Gasteiger partial charge in [-0.3, -0.25) is 4.79 Å². The van der Waals surface area contributed by atoms with Crippen molar-refractivity contribution in [1.29, 1.82) is 0 Å². The molecule has 1 heterocycles. The summed E-state index contributed by atoms with van der Waals surface area (Å²) in [5.41, 5.74) is 0.962. The maximum Gasteiger partial charge on any atom is 0.307 e. The van der Waals surface area contributed by atoms with Gasteiger partial charge in [-0.2, -0.15) is 0 Å². The number of hydrogen-bond acceptors (Lipinski definition) is 3. The highest BCUT2D eigenvalue weighted by molar-refractivity contribution is 5.71. The lowest BCUT2D eigenvalue weighted by atomic mass is 9.61. The minimum absolute atomic E-state index is 0.194. The Bertz CT molecular complexity index is 478. The zero-order valence-corrected chi connectivity index (χ0v) is 12.8. The molecule has 1 aliphatic rings. The Hall–Kier alpha value is -1.29. The first-order valence-electron chi connectivity index (χ1n) is 7.33. The van der Waals surface area contributed by atoms with Gasteiger partial charge in [0.15, 0.2) is 0 Å². The number of carboxylic acid groups (broad SMARTS) is 1. The summed E-state index contributed by atoms with van der Waals surface area (Å²) in [5, 5.41) is 12.9. The van der Waals surface area contributed by atoms with Gasteiger partial charge in [0.2, 0.25) is 0 Å². The predicted molar refractivity (Wildman–Crippen MR) is 77.4 cm³/mol. The van der Waals surface area contributed by atoms with E-state index >= 15 is 0 Å². The maximum absolute atomic E-state index is 11.4. The number of hydrogen-bond donors (Lipinski definition) is 2. The lowest BCUT2D eigenvalue weighted by molar-refractivity contribution is -0.150. The topological polar surface area (TPSA) is 62.5 Å². The highest BCUT2D eigenvalue weighted by Gasteiger charge is 2.46. The SMILES string of the molecule is Cc1ccoc1CNC1CCC(C(=O)O)C(C)(C)C1C. The van der Waals surface area contributed by atoms with Crippen LogP contribution in [0.1, 0.15) is 44.9 Å². The number of carbonyl (C=O) groups is 1. The molecule has 112 valence electrons. The van der Waals surface area contributed by atoms with E-state index in [1.165, 1.54) is 0 Å². The first-order valence-corrected chi connectivity index (χ1v) is 7.33. The van der Waals surface area contributed by atoms with Crippen molar-refractivity contribution in [1.82, 2.24) is 5.32 Å². The summed E-state index contributed by atoms with van der Waals surface area (Å²) < 4.78 is 5.45. The summed E-state index contributed by atoms with van der Waals surface area (Å²) in [6, 6.07) is 2.30. The zero-order valence-electron chi connectivity index (χ0n) is 12.8. The van der Waals surface area contributed by atoms with Crippen molar-refractivity contribution in [3.8, 4) is 0 Å². The van der Waals surface area contributed by atoms with E-state index in [9.17, 15) is 9.90 Å². The first-order chi connectivity index (χ1) is 9.34. The van der Waals surface area contributed by atoms with Crippen molar-refractivity contribution in [2.45, 2.75) is 53.1 Å². The van der Waals surface area contributed by atoms with Crippen LogP contribution in [0.5, 0.6) is 0 Å². The van der Waals surface area contributed by atoms with Gasteiger partial charge in [-0.25, -0.2) is 0 Å². The molecule has 0 aliphatic heterocycles. The van der Waals surface area contributed by atoms with Crippen LogP contribution in [0.25, 0.3) is 0 Å². The second-order valence-corrected chi connectivity index (χ2v) is 6.59. The molecule has 1 aromatic heterocycles. The largest absolute Gasteiger partial charge is 0.481 e. The van der Waals surface area contributed by atoms with Crippen LogP contribution in [0, 0.1) is 24.2 Å². The second kappa shape index (κ2) is 5.60. The molecule has 1 aromatic rings. The van der Waals surface area contributed by atoms with Crippen LogP contribution in [-0.4, -0.2) is 17.1 Å². The Morgan fingerprint density at radius 2 is 2.20 bits per heavy atom. The van der Waals surface area contributed by atoms with E-state index in [2.05, 4.69) is 26.1 Å². The quantitative estimate of drug-likeness (QED) is 0.888. The van der Waals surface area contributed by atoms with Gasteiger partial charge in [-0.1, -0.05) is 20.8 Å². The third-order valence-electron chi connectivity index (χ3n) is 5.23. The first kappa shape index (κ1) is 15.1. The van der Waals surface area contributed by atoms with Crippen molar-refractivity contribution in [2.24, 2.45) is 17.3 Å². The number of nitrogens with one attached hydrogen (secondary N) is 1. The molecule has 0 amide bonds. The summed E-state index contributed by atoms with van der Waals surface area (Å²) in [6.07, 6.45) is 3.35. The van der Waals surface area contributed by atoms with E-state index in [-0.39, 0.29) is 11.3 Å². The molecule has 2 N–H and O–H groups in total. The lowest BCUT2D eigenvalue weighted by Gasteiger charge is -2.46. The van der Waals surface area contributed by atoms with Gasteiger partial charge < -0.3 is 14.8 Å². The lowest BCUT2D eigenvalue weighted by Crippen LogP contribution is -2.50. The fourth-order valence-corrected chi connectivity index (χ4v) is 3.33. The third-order valence-corrected chi connectivity index (χ3v) is 5.23. The standard InChI is InChI=1S/C16H25NO3/c1-10-7-8-20-14(10)9-17-13-6-5-12(15(18)19)16(3,4)11(13)2/h7-8,11-13,17H,5-6,9H2,1-4H3,(H,18,19). The van der Waals surface area contributed by atoms with E-state index in [1.54, 1.807) is 6.26 Å². The van der Waals surface area contributed by atoms with Crippen LogP contribution in [0.2, 0.25) is 0 Å². The molecule has 1 aliphatic carbocycles. The molecule has 2 rings (SSSR count). The molecular weight excluding hydrogens is 254 g/mol. The summed E-state index contributed by atoms with van der Waals surface area (Å²) in [6.45, 7) is 9.05. The van der Waals surface area contributed by atoms with E-state index in [1.807, 2.05) is 13.0 Å². The summed E-state index contributed by atoms with van der Waals surface area (Å²) >= 11 is 0. The maximum atomic E-state index is 11.4. The van der Waals surface area contributed by atoms with Crippen LogP contribution >= 0.6 is 0 Å². The molecule has 0 aromatic carbocycles. The molecule has 0 radical (unpaired) electrons.